The average molecular weight is 277 g/mol. The molecule has 4 heteroatoms. The van der Waals surface area contributed by atoms with Crippen LogP contribution in [0.25, 0.3) is 0 Å². The van der Waals surface area contributed by atoms with Crippen LogP contribution in [0.4, 0.5) is 5.69 Å². The molecule has 0 aliphatic carbocycles. The largest absolute Gasteiger partial charge is 0.370 e. The number of nitrogens with one attached hydrogen (secondary N) is 1. The molecule has 20 heavy (non-hydrogen) atoms. The Balaban J connectivity index is 2.51. The number of carbonyl (C=O) groups is 1. The topological polar surface area (TPSA) is 58.4 Å². The molecule has 0 fully saturated rings. The van der Waals surface area contributed by atoms with Crippen molar-refractivity contribution < 1.29 is 4.79 Å². The first-order chi connectivity index (χ1) is 9.47. The molecule has 0 unspecified atom stereocenters. The molecule has 0 saturated carbocycles. The lowest BCUT2D eigenvalue weighted by Gasteiger charge is -2.25. The van der Waals surface area contributed by atoms with Gasteiger partial charge in [-0.2, -0.15) is 0 Å². The van der Waals surface area contributed by atoms with Crippen LogP contribution in [0, 0.1) is 12.8 Å². The van der Waals surface area contributed by atoms with Crippen molar-refractivity contribution in [1.29, 1.82) is 0 Å². The van der Waals surface area contributed by atoms with Gasteiger partial charge in [0, 0.05) is 25.3 Å². The Labute approximate surface area is 122 Å². The van der Waals surface area contributed by atoms with Crippen LogP contribution < -0.4 is 16.0 Å². The number of rotatable bonds is 7. The second-order valence-corrected chi connectivity index (χ2v) is 5.43. The number of benzene rings is 1. The van der Waals surface area contributed by atoms with Crippen LogP contribution in [0.5, 0.6) is 0 Å². The number of para-hydroxylation sites is 1. The first-order valence-corrected chi connectivity index (χ1v) is 7.31. The van der Waals surface area contributed by atoms with Gasteiger partial charge < -0.3 is 16.0 Å². The summed E-state index contributed by atoms with van der Waals surface area (Å²) in [4.78, 5) is 14.1. The van der Waals surface area contributed by atoms with Crippen LogP contribution >= 0.6 is 0 Å². The fraction of sp³-hybridized carbons (Fsp3) is 0.562. The van der Waals surface area contributed by atoms with Gasteiger partial charge in [-0.25, -0.2) is 0 Å². The number of anilines is 1. The van der Waals surface area contributed by atoms with Gasteiger partial charge in [0.25, 0.3) is 0 Å². The van der Waals surface area contributed by atoms with Gasteiger partial charge in [-0.3, -0.25) is 4.79 Å². The molecule has 1 amide bonds. The number of nitrogens with two attached hydrogens (primary N) is 1. The van der Waals surface area contributed by atoms with E-state index in [0.29, 0.717) is 6.54 Å². The minimum absolute atomic E-state index is 0.0687. The molecule has 0 aliphatic rings. The van der Waals surface area contributed by atoms with Crippen LogP contribution in [0.2, 0.25) is 0 Å². The van der Waals surface area contributed by atoms with Crippen LogP contribution in [0.1, 0.15) is 26.3 Å². The lowest BCUT2D eigenvalue weighted by Crippen LogP contribution is -2.46. The molecular weight excluding hydrogens is 250 g/mol. The summed E-state index contributed by atoms with van der Waals surface area (Å²) in [6.07, 6.45) is 0. The zero-order valence-electron chi connectivity index (χ0n) is 13.0. The normalized spacial score (nSPS) is 12.3. The summed E-state index contributed by atoms with van der Waals surface area (Å²) in [6.45, 7) is 10.4. The minimum Gasteiger partial charge on any atom is -0.370 e. The highest BCUT2D eigenvalue weighted by Crippen LogP contribution is 2.18. The van der Waals surface area contributed by atoms with E-state index in [2.05, 4.69) is 36.2 Å². The molecule has 1 aromatic rings. The smallest absolute Gasteiger partial charge is 0.237 e. The maximum Gasteiger partial charge on any atom is 0.237 e. The first kappa shape index (κ1) is 16.5. The van der Waals surface area contributed by atoms with Gasteiger partial charge in [-0.1, -0.05) is 32.0 Å². The van der Waals surface area contributed by atoms with Crippen molar-refractivity contribution in [1.82, 2.24) is 5.32 Å². The van der Waals surface area contributed by atoms with Crippen molar-refractivity contribution in [2.24, 2.45) is 11.7 Å². The monoisotopic (exact) mass is 277 g/mol. The number of amides is 1. The second-order valence-electron chi connectivity index (χ2n) is 5.43. The zero-order valence-corrected chi connectivity index (χ0v) is 13.0. The van der Waals surface area contributed by atoms with Crippen molar-refractivity contribution in [2.45, 2.75) is 33.7 Å². The van der Waals surface area contributed by atoms with E-state index in [-0.39, 0.29) is 11.8 Å². The number of nitrogens with zero attached hydrogens (tertiary/aromatic N) is 1. The standard InChI is InChI=1S/C16H27N3O/c1-5-19(14-9-7-6-8-13(14)4)11-10-18-16(20)15(17)12(2)3/h6-9,12,15H,5,10-11,17H2,1-4H3,(H,18,20)/t15-/m0/s1. The minimum atomic E-state index is -0.427. The molecule has 0 radical (unpaired) electrons. The average Bonchev–Trinajstić information content (AvgIpc) is 2.43. The fourth-order valence-corrected chi connectivity index (χ4v) is 2.10. The van der Waals surface area contributed by atoms with Crippen LogP contribution in [0.15, 0.2) is 24.3 Å². The first-order valence-electron chi connectivity index (χ1n) is 7.31. The zero-order chi connectivity index (χ0) is 15.1. The predicted octanol–water partition coefficient (Wildman–Crippen LogP) is 1.92. The van der Waals surface area contributed by atoms with E-state index in [0.717, 1.165) is 13.1 Å². The van der Waals surface area contributed by atoms with Crippen molar-refractivity contribution in [3.05, 3.63) is 29.8 Å². The highest BCUT2D eigenvalue weighted by molar-refractivity contribution is 5.81. The number of aryl methyl sites for hydroxylation is 1. The fourth-order valence-electron chi connectivity index (χ4n) is 2.10. The molecule has 0 aromatic heterocycles. The van der Waals surface area contributed by atoms with Crippen molar-refractivity contribution in [3.8, 4) is 0 Å². The molecule has 1 rings (SSSR count). The Morgan fingerprint density at radius 3 is 2.55 bits per heavy atom. The molecule has 0 spiro atoms. The lowest BCUT2D eigenvalue weighted by molar-refractivity contribution is -0.123. The Bertz CT molecular complexity index is 431. The summed E-state index contributed by atoms with van der Waals surface area (Å²) in [5.74, 6) is 0.0921. The van der Waals surface area contributed by atoms with E-state index >= 15 is 0 Å². The van der Waals surface area contributed by atoms with E-state index < -0.39 is 6.04 Å². The maximum absolute atomic E-state index is 11.8. The van der Waals surface area contributed by atoms with Crippen molar-refractivity contribution in [2.75, 3.05) is 24.5 Å². The summed E-state index contributed by atoms with van der Waals surface area (Å²) in [6, 6.07) is 7.86. The third-order valence-electron chi connectivity index (χ3n) is 3.54. The van der Waals surface area contributed by atoms with Gasteiger partial charge in [-0.15, -0.1) is 0 Å². The van der Waals surface area contributed by atoms with Gasteiger partial charge in [0.15, 0.2) is 0 Å². The van der Waals surface area contributed by atoms with Gasteiger partial charge in [0.1, 0.15) is 0 Å². The Morgan fingerprint density at radius 2 is 2.00 bits per heavy atom. The summed E-state index contributed by atoms with van der Waals surface area (Å²) in [7, 11) is 0. The molecule has 0 saturated heterocycles. The summed E-state index contributed by atoms with van der Waals surface area (Å²) >= 11 is 0. The molecule has 4 nitrogen and oxygen atoms in total. The van der Waals surface area contributed by atoms with Gasteiger partial charge >= 0.3 is 0 Å². The molecule has 112 valence electrons. The number of hydrogen-bond donors (Lipinski definition) is 2. The summed E-state index contributed by atoms with van der Waals surface area (Å²) in [5, 5.41) is 2.91. The highest BCUT2D eigenvalue weighted by Gasteiger charge is 2.16. The Hall–Kier alpha value is -1.55. The van der Waals surface area contributed by atoms with Gasteiger partial charge in [-0.05, 0) is 31.4 Å². The van der Waals surface area contributed by atoms with E-state index in [9.17, 15) is 4.79 Å². The number of carbonyl (C=O) groups excluding carboxylic acids is 1. The van der Waals surface area contributed by atoms with E-state index in [4.69, 9.17) is 5.73 Å². The number of hydrogen-bond acceptors (Lipinski definition) is 3. The molecule has 1 atom stereocenters. The predicted molar refractivity (Wildman–Crippen MR) is 84.9 cm³/mol. The second kappa shape index (κ2) is 7.90. The summed E-state index contributed by atoms with van der Waals surface area (Å²) < 4.78 is 0. The number of likely N-dealkylation sites (N-methyl/N-ethyl adjacent to an activating group) is 1. The van der Waals surface area contributed by atoms with Crippen LogP contribution in [-0.2, 0) is 4.79 Å². The van der Waals surface area contributed by atoms with E-state index in [1.165, 1.54) is 11.3 Å². The van der Waals surface area contributed by atoms with E-state index in [1.54, 1.807) is 0 Å². The third-order valence-corrected chi connectivity index (χ3v) is 3.54. The van der Waals surface area contributed by atoms with Crippen LogP contribution in [0.3, 0.4) is 0 Å². The lowest BCUT2D eigenvalue weighted by atomic mass is 10.1. The van der Waals surface area contributed by atoms with Crippen LogP contribution in [-0.4, -0.2) is 31.6 Å². The van der Waals surface area contributed by atoms with Gasteiger partial charge in [0.05, 0.1) is 6.04 Å². The summed E-state index contributed by atoms with van der Waals surface area (Å²) in [5.41, 5.74) is 8.29. The molecule has 1 aromatic carbocycles. The Kier molecular flexibility index (Phi) is 6.52. The molecule has 0 aliphatic heterocycles. The molecule has 3 N–H and O–H groups in total. The van der Waals surface area contributed by atoms with Crippen molar-refractivity contribution in [3.63, 3.8) is 0 Å². The molecule has 0 bridgehead atoms. The van der Waals surface area contributed by atoms with Crippen molar-refractivity contribution >= 4 is 11.6 Å². The van der Waals surface area contributed by atoms with E-state index in [1.807, 2.05) is 26.0 Å². The SMILES string of the molecule is CCN(CCNC(=O)[C@@H](N)C(C)C)c1ccccc1C. The molecule has 0 heterocycles. The molecular formula is C16H27N3O. The Morgan fingerprint density at radius 1 is 1.35 bits per heavy atom. The quantitative estimate of drug-likeness (QED) is 0.800. The third kappa shape index (κ3) is 4.53. The van der Waals surface area contributed by atoms with Gasteiger partial charge in [0.2, 0.25) is 5.91 Å². The highest BCUT2D eigenvalue weighted by atomic mass is 16.2. The maximum atomic E-state index is 11.8.